The molecule has 0 aromatic heterocycles. The second-order valence-corrected chi connectivity index (χ2v) is 13.0. The molecule has 0 spiro atoms. The van der Waals surface area contributed by atoms with Gasteiger partial charge in [-0.15, -0.1) is 0 Å². The molecule has 1 saturated heterocycles. The third-order valence-corrected chi connectivity index (χ3v) is 11.1. The van der Waals surface area contributed by atoms with Gasteiger partial charge in [-0.2, -0.15) is 4.31 Å². The quantitative estimate of drug-likeness (QED) is 0.418. The van der Waals surface area contributed by atoms with Crippen LogP contribution in [0.25, 0.3) is 0 Å². The maximum Gasteiger partial charge on any atom is 0.315 e. The van der Waals surface area contributed by atoms with Gasteiger partial charge in [0.25, 0.3) is 0 Å². The number of methoxy groups -OCH3 is 1. The Morgan fingerprint density at radius 1 is 1.16 bits per heavy atom. The van der Waals surface area contributed by atoms with Crippen LogP contribution >= 0.6 is 0 Å². The minimum Gasteiger partial charge on any atom is -0.468 e. The van der Waals surface area contributed by atoms with Crippen molar-refractivity contribution < 1.29 is 36.6 Å². The molecule has 6 atom stereocenters. The third-order valence-electron chi connectivity index (χ3n) is 8.75. The number of carbonyl (C=O) groups is 2. The lowest BCUT2D eigenvalue weighted by Gasteiger charge is -2.45. The van der Waals surface area contributed by atoms with E-state index in [1.54, 1.807) is 37.3 Å². The van der Waals surface area contributed by atoms with E-state index in [9.17, 15) is 23.1 Å². The van der Waals surface area contributed by atoms with E-state index in [4.69, 9.17) is 0 Å². The van der Waals surface area contributed by atoms with Crippen molar-refractivity contribution >= 4 is 21.8 Å². The van der Waals surface area contributed by atoms with Crippen LogP contribution in [0.5, 0.6) is 0 Å². The van der Waals surface area contributed by atoms with Gasteiger partial charge in [0.15, 0.2) is 5.78 Å². The lowest BCUT2D eigenvalue weighted by atomic mass is 9.58. The number of carbonyl (C=O) groups excluding carboxylic acids is 2. The van der Waals surface area contributed by atoms with Gasteiger partial charge in [0.05, 0.1) is 18.1 Å². The van der Waals surface area contributed by atoms with Gasteiger partial charge in [0, 0.05) is 29.6 Å². The van der Waals surface area contributed by atoms with E-state index in [2.05, 4.69) is 4.74 Å². The molecular formula is C28H31F2NO6S. The first-order valence-electron chi connectivity index (χ1n) is 12.8. The molecule has 1 heterocycles. The fourth-order valence-corrected chi connectivity index (χ4v) is 8.70. The van der Waals surface area contributed by atoms with Gasteiger partial charge in [-0.25, -0.2) is 17.2 Å². The second-order valence-electron chi connectivity index (χ2n) is 11.0. The van der Waals surface area contributed by atoms with E-state index in [1.807, 2.05) is 0 Å². The molecule has 5 rings (SSSR count). The molecule has 3 aliphatic rings. The molecule has 0 bridgehead atoms. The topological polar surface area (TPSA) is 101 Å². The van der Waals surface area contributed by atoms with Crippen LogP contribution in [0.3, 0.4) is 0 Å². The number of fused-ring (bicyclic) bond motifs is 1. The number of sulfonamides is 1. The molecule has 2 aliphatic carbocycles. The molecule has 10 heteroatoms. The predicted octanol–water partition coefficient (Wildman–Crippen LogP) is 3.79. The zero-order valence-corrected chi connectivity index (χ0v) is 22.3. The molecule has 2 aromatic rings. The van der Waals surface area contributed by atoms with Crippen molar-refractivity contribution in [2.75, 3.05) is 7.11 Å². The summed E-state index contributed by atoms with van der Waals surface area (Å²) in [6.45, 7) is 2.73. The number of Topliss-reactive ketones (excluding diaryl/α,β-unsaturated/α-hetero) is 1. The number of ketones is 1. The van der Waals surface area contributed by atoms with Crippen LogP contribution in [0.15, 0.2) is 42.5 Å². The minimum absolute atomic E-state index is 0.114. The van der Waals surface area contributed by atoms with Crippen LogP contribution < -0.4 is 0 Å². The molecule has 0 radical (unpaired) electrons. The Kier molecular flexibility index (Phi) is 6.52. The summed E-state index contributed by atoms with van der Waals surface area (Å²) in [6.07, 6.45) is 1.12. The summed E-state index contributed by atoms with van der Waals surface area (Å²) >= 11 is 0. The summed E-state index contributed by atoms with van der Waals surface area (Å²) in [5.41, 5.74) is -2.40. The molecule has 3 fully saturated rings. The number of ether oxygens (including phenoxy) is 1. The Morgan fingerprint density at radius 2 is 1.84 bits per heavy atom. The van der Waals surface area contributed by atoms with Gasteiger partial charge in [0.2, 0.25) is 10.0 Å². The van der Waals surface area contributed by atoms with Crippen LogP contribution in [0.1, 0.15) is 61.5 Å². The van der Waals surface area contributed by atoms with Crippen molar-refractivity contribution in [3.63, 3.8) is 0 Å². The Hall–Kier alpha value is -2.69. The van der Waals surface area contributed by atoms with Crippen LogP contribution in [-0.4, -0.2) is 48.3 Å². The number of esters is 1. The van der Waals surface area contributed by atoms with Gasteiger partial charge < -0.3 is 9.84 Å². The van der Waals surface area contributed by atoms with E-state index in [1.165, 1.54) is 11.2 Å². The number of rotatable bonds is 7. The maximum atomic E-state index is 15.7. The highest BCUT2D eigenvalue weighted by atomic mass is 32.2. The second kappa shape index (κ2) is 9.20. The van der Waals surface area contributed by atoms with Crippen LogP contribution in [-0.2, 0) is 36.3 Å². The Bertz CT molecular complexity index is 1400. The normalized spacial score (nSPS) is 32.5. The number of halogens is 2. The molecule has 204 valence electrons. The van der Waals surface area contributed by atoms with Gasteiger partial charge in [-0.3, -0.25) is 9.59 Å². The average molecular weight is 548 g/mol. The first-order valence-corrected chi connectivity index (χ1v) is 14.3. The number of nitrogens with zero attached hydrogens (tertiary/aromatic N) is 1. The van der Waals surface area contributed by atoms with E-state index >= 15 is 8.78 Å². The Labute approximate surface area is 220 Å². The molecule has 1 aliphatic heterocycles. The number of hydrogen-bond donors (Lipinski definition) is 1. The summed E-state index contributed by atoms with van der Waals surface area (Å²) in [5, 5.41) is 9.71. The highest BCUT2D eigenvalue weighted by Gasteiger charge is 2.78. The average Bonchev–Trinajstić information content (AvgIpc) is 3.45. The van der Waals surface area contributed by atoms with Crippen molar-refractivity contribution in [1.29, 1.82) is 0 Å². The van der Waals surface area contributed by atoms with Gasteiger partial charge >= 0.3 is 5.97 Å². The number of aliphatic hydroxyl groups is 1. The maximum absolute atomic E-state index is 15.7. The molecule has 2 unspecified atom stereocenters. The SMILES string of the molecule is COC(=O)C(C)C(=O)[C@]1(c2cc(F)c(CN3[C@@H](C)CC[C@H](c4ccccc4)S3(=O)=O)cc2F)C[C@]2(O)CC21. The fourth-order valence-electron chi connectivity index (χ4n) is 6.51. The monoisotopic (exact) mass is 547 g/mol. The van der Waals surface area contributed by atoms with Gasteiger partial charge in [0.1, 0.15) is 22.8 Å². The number of hydrogen-bond acceptors (Lipinski definition) is 6. The predicted molar refractivity (Wildman–Crippen MR) is 134 cm³/mol. The van der Waals surface area contributed by atoms with E-state index < -0.39 is 67.6 Å². The van der Waals surface area contributed by atoms with Crippen molar-refractivity contribution in [2.45, 2.75) is 68.4 Å². The summed E-state index contributed by atoms with van der Waals surface area (Å²) in [6, 6.07) is 10.3. The Balaban J connectivity index is 1.48. The molecule has 7 nitrogen and oxygen atoms in total. The minimum atomic E-state index is -3.87. The third kappa shape index (κ3) is 3.99. The van der Waals surface area contributed by atoms with Crippen molar-refractivity contribution in [3.05, 3.63) is 70.8 Å². The van der Waals surface area contributed by atoms with Gasteiger partial charge in [-0.1, -0.05) is 30.3 Å². The lowest BCUT2D eigenvalue weighted by Crippen LogP contribution is -2.55. The summed E-state index contributed by atoms with van der Waals surface area (Å²) in [7, 11) is -2.73. The van der Waals surface area contributed by atoms with Crippen molar-refractivity contribution in [1.82, 2.24) is 4.31 Å². The van der Waals surface area contributed by atoms with E-state index in [-0.39, 0.29) is 30.5 Å². The summed E-state index contributed by atoms with van der Waals surface area (Å²) < 4.78 is 64.2. The molecular weight excluding hydrogens is 516 g/mol. The molecule has 0 amide bonds. The van der Waals surface area contributed by atoms with Crippen LogP contribution in [0.2, 0.25) is 0 Å². The number of benzene rings is 2. The smallest absolute Gasteiger partial charge is 0.315 e. The summed E-state index contributed by atoms with van der Waals surface area (Å²) in [5.74, 6) is -4.98. The van der Waals surface area contributed by atoms with Crippen molar-refractivity contribution in [2.24, 2.45) is 11.8 Å². The van der Waals surface area contributed by atoms with Gasteiger partial charge in [-0.05, 0) is 57.2 Å². The van der Waals surface area contributed by atoms with E-state index in [0.717, 1.165) is 19.2 Å². The first kappa shape index (κ1) is 26.9. The Morgan fingerprint density at radius 3 is 2.42 bits per heavy atom. The fraction of sp³-hybridized carbons (Fsp3) is 0.500. The largest absolute Gasteiger partial charge is 0.468 e. The zero-order chi connectivity index (χ0) is 27.6. The molecule has 2 saturated carbocycles. The van der Waals surface area contributed by atoms with E-state index in [0.29, 0.717) is 18.4 Å². The zero-order valence-electron chi connectivity index (χ0n) is 21.5. The molecule has 38 heavy (non-hydrogen) atoms. The standard InChI is InChI=1S/C28H31F2NO6S/c1-16-9-10-23(18-7-5-4-6-8-18)38(35,36)31(16)14-19-11-22(30)20(12-21(19)29)28(15-27(34)13-24(27)28)25(32)17(2)26(33)37-3/h4-8,11-12,16-17,23-24,34H,9-10,13-15H2,1-3H3/t16-,17?,23+,24?,27+,28-/m0/s1. The highest BCUT2D eigenvalue weighted by Crippen LogP contribution is 2.71. The first-order chi connectivity index (χ1) is 17.9. The lowest BCUT2D eigenvalue weighted by molar-refractivity contribution is -0.153. The highest BCUT2D eigenvalue weighted by molar-refractivity contribution is 7.89. The van der Waals surface area contributed by atoms with Crippen LogP contribution in [0.4, 0.5) is 8.78 Å². The molecule has 1 N–H and O–H groups in total. The van der Waals surface area contributed by atoms with Crippen LogP contribution in [0, 0.1) is 23.5 Å². The van der Waals surface area contributed by atoms with Crippen molar-refractivity contribution in [3.8, 4) is 0 Å². The molecule has 2 aromatic carbocycles. The summed E-state index contributed by atoms with van der Waals surface area (Å²) in [4.78, 5) is 25.5.